The van der Waals surface area contributed by atoms with E-state index in [0.717, 1.165) is 12.8 Å². The quantitative estimate of drug-likeness (QED) is 0.721. The number of carbonyl (C=O) groups excluding carboxylic acids is 1. The van der Waals surface area contributed by atoms with E-state index in [0.29, 0.717) is 12.2 Å². The maximum Gasteiger partial charge on any atom is 0.335 e. The lowest BCUT2D eigenvalue weighted by atomic mass is 10.0. The molecule has 2 amide bonds. The molecule has 0 aliphatic heterocycles. The number of nitrogens with one attached hydrogen (secondary N) is 2. The van der Waals surface area contributed by atoms with Crippen molar-refractivity contribution in [3.63, 3.8) is 0 Å². The van der Waals surface area contributed by atoms with E-state index in [2.05, 4.69) is 24.5 Å². The van der Waals surface area contributed by atoms with Gasteiger partial charge in [-0.25, -0.2) is 9.59 Å². The molecule has 0 aliphatic rings. The van der Waals surface area contributed by atoms with Crippen LogP contribution in [0.5, 0.6) is 0 Å². The fourth-order valence-electron chi connectivity index (χ4n) is 2.01. The number of anilines is 1. The zero-order valence-corrected chi connectivity index (χ0v) is 13.4. The lowest BCUT2D eigenvalue weighted by molar-refractivity contribution is 0.0697. The Morgan fingerprint density at radius 2 is 1.95 bits per heavy atom. The van der Waals surface area contributed by atoms with Crippen molar-refractivity contribution in [1.29, 1.82) is 0 Å². The van der Waals surface area contributed by atoms with Gasteiger partial charge in [0.2, 0.25) is 0 Å². The van der Waals surface area contributed by atoms with Crippen LogP contribution < -0.4 is 10.6 Å². The first-order chi connectivity index (χ1) is 9.96. The van der Waals surface area contributed by atoms with Crippen LogP contribution in [0.2, 0.25) is 0 Å². The molecular weight excluding hydrogens is 288 g/mol. The van der Waals surface area contributed by atoms with Gasteiger partial charge < -0.3 is 15.7 Å². The van der Waals surface area contributed by atoms with Crippen molar-refractivity contribution in [1.82, 2.24) is 5.32 Å². The van der Waals surface area contributed by atoms with E-state index in [1.165, 1.54) is 12.1 Å². The Morgan fingerprint density at radius 3 is 2.48 bits per heavy atom. The van der Waals surface area contributed by atoms with Gasteiger partial charge in [-0.15, -0.1) is 0 Å². The Hall–Kier alpha value is -1.69. The Morgan fingerprint density at radius 1 is 1.29 bits per heavy atom. The number of urea groups is 1. The largest absolute Gasteiger partial charge is 0.478 e. The Bertz CT molecular complexity index is 493. The third kappa shape index (κ3) is 4.97. The predicted molar refractivity (Wildman–Crippen MR) is 87.3 cm³/mol. The Balaban J connectivity index is 2.62. The minimum atomic E-state index is -1.02. The minimum Gasteiger partial charge on any atom is -0.478 e. The number of rotatable bonds is 7. The van der Waals surface area contributed by atoms with Crippen molar-refractivity contribution in [3.8, 4) is 0 Å². The highest BCUT2D eigenvalue weighted by atomic mass is 32.2. The number of aromatic carboxylic acids is 1. The molecule has 0 radical (unpaired) electrons. The van der Waals surface area contributed by atoms with Crippen LogP contribution in [0.15, 0.2) is 24.3 Å². The molecule has 1 aromatic rings. The summed E-state index contributed by atoms with van der Waals surface area (Å²) in [5.41, 5.74) is 0.614. The summed E-state index contributed by atoms with van der Waals surface area (Å²) in [7, 11) is 0. The van der Waals surface area contributed by atoms with Gasteiger partial charge in [-0.3, -0.25) is 0 Å². The summed E-state index contributed by atoms with van der Waals surface area (Å²) in [6, 6.07) is 5.86. The van der Waals surface area contributed by atoms with Gasteiger partial charge in [-0.1, -0.05) is 19.9 Å². The van der Waals surface area contributed by atoms with E-state index >= 15 is 0 Å². The average molecular weight is 310 g/mol. The molecule has 0 unspecified atom stereocenters. The van der Waals surface area contributed by atoms with Gasteiger partial charge in [0.1, 0.15) is 0 Å². The second-order valence-electron chi connectivity index (χ2n) is 4.79. The lowest BCUT2D eigenvalue weighted by Crippen LogP contribution is -2.41. The average Bonchev–Trinajstić information content (AvgIpc) is 2.49. The number of carboxylic acids is 1. The zero-order chi connectivity index (χ0) is 15.9. The van der Waals surface area contributed by atoms with Crippen LogP contribution in [0.4, 0.5) is 10.5 Å². The van der Waals surface area contributed by atoms with E-state index in [-0.39, 0.29) is 16.3 Å². The summed E-state index contributed by atoms with van der Waals surface area (Å²) in [5, 5.41) is 14.4. The summed E-state index contributed by atoms with van der Waals surface area (Å²) < 4.78 is 0.0419. The standard InChI is InChI=1S/C15H22N2O3S/c1-4-15(5-2,21-3)10-16-14(20)17-12-8-6-7-11(9-12)13(18)19/h6-9H,4-5,10H2,1-3H3,(H,18,19)(H2,16,17,20). The first kappa shape index (κ1) is 17.4. The molecule has 0 atom stereocenters. The molecule has 3 N–H and O–H groups in total. The molecule has 21 heavy (non-hydrogen) atoms. The van der Waals surface area contributed by atoms with Crippen LogP contribution in [-0.4, -0.2) is 34.7 Å². The maximum atomic E-state index is 11.9. The molecular formula is C15H22N2O3S. The van der Waals surface area contributed by atoms with Crippen LogP contribution in [0.3, 0.4) is 0 Å². The van der Waals surface area contributed by atoms with Crippen molar-refractivity contribution < 1.29 is 14.7 Å². The van der Waals surface area contributed by atoms with Gasteiger partial charge in [-0.2, -0.15) is 11.8 Å². The second-order valence-corrected chi connectivity index (χ2v) is 6.06. The molecule has 1 rings (SSSR count). The fraction of sp³-hybridized carbons (Fsp3) is 0.467. The van der Waals surface area contributed by atoms with Crippen molar-refractivity contribution in [2.24, 2.45) is 0 Å². The van der Waals surface area contributed by atoms with Crippen LogP contribution in [0, 0.1) is 0 Å². The summed E-state index contributed by atoms with van der Waals surface area (Å²) in [4.78, 5) is 22.8. The molecule has 0 aliphatic carbocycles. The predicted octanol–water partition coefficient (Wildman–Crippen LogP) is 3.43. The van der Waals surface area contributed by atoms with Crippen LogP contribution >= 0.6 is 11.8 Å². The van der Waals surface area contributed by atoms with E-state index < -0.39 is 5.97 Å². The monoisotopic (exact) mass is 310 g/mol. The topological polar surface area (TPSA) is 78.4 Å². The SMILES string of the molecule is CCC(CC)(CNC(=O)Nc1cccc(C(=O)O)c1)SC. The third-order valence-electron chi connectivity index (χ3n) is 3.66. The number of amides is 2. The molecule has 6 heteroatoms. The molecule has 0 spiro atoms. The first-order valence-corrected chi connectivity index (χ1v) is 8.12. The number of hydrogen-bond acceptors (Lipinski definition) is 3. The van der Waals surface area contributed by atoms with Gasteiger partial charge in [0.25, 0.3) is 0 Å². The van der Waals surface area contributed by atoms with Crippen LogP contribution in [0.25, 0.3) is 0 Å². The third-order valence-corrected chi connectivity index (χ3v) is 5.25. The molecule has 0 fully saturated rings. The minimum absolute atomic E-state index is 0.0419. The van der Waals surface area contributed by atoms with E-state index in [9.17, 15) is 9.59 Å². The highest BCUT2D eigenvalue weighted by Gasteiger charge is 2.25. The van der Waals surface area contributed by atoms with Gasteiger partial charge in [0, 0.05) is 17.0 Å². The zero-order valence-electron chi connectivity index (χ0n) is 12.6. The number of benzene rings is 1. The van der Waals surface area contributed by atoms with E-state index in [1.54, 1.807) is 23.9 Å². The molecule has 0 saturated carbocycles. The molecule has 0 aromatic heterocycles. The molecule has 0 saturated heterocycles. The maximum absolute atomic E-state index is 11.9. The Kier molecular flexibility index (Phi) is 6.55. The normalized spacial score (nSPS) is 11.0. The molecule has 5 nitrogen and oxygen atoms in total. The van der Waals surface area contributed by atoms with Crippen molar-refractivity contribution in [3.05, 3.63) is 29.8 Å². The van der Waals surface area contributed by atoms with E-state index in [1.807, 2.05) is 6.26 Å². The van der Waals surface area contributed by atoms with Crippen molar-refractivity contribution in [2.45, 2.75) is 31.4 Å². The molecule has 0 bridgehead atoms. The van der Waals surface area contributed by atoms with Crippen molar-refractivity contribution in [2.75, 3.05) is 18.1 Å². The van der Waals surface area contributed by atoms with Crippen LogP contribution in [0.1, 0.15) is 37.0 Å². The number of thioether (sulfide) groups is 1. The van der Waals surface area contributed by atoms with E-state index in [4.69, 9.17) is 5.11 Å². The second kappa shape index (κ2) is 7.93. The highest BCUT2D eigenvalue weighted by Crippen LogP contribution is 2.29. The first-order valence-electron chi connectivity index (χ1n) is 6.89. The smallest absolute Gasteiger partial charge is 0.335 e. The summed E-state index contributed by atoms with van der Waals surface area (Å²) >= 11 is 1.75. The summed E-state index contributed by atoms with van der Waals surface area (Å²) in [5.74, 6) is -1.02. The summed E-state index contributed by atoms with van der Waals surface area (Å²) in [6.45, 7) is 4.79. The fourth-order valence-corrected chi connectivity index (χ4v) is 2.80. The van der Waals surface area contributed by atoms with Gasteiger partial charge >= 0.3 is 12.0 Å². The molecule has 1 aromatic carbocycles. The highest BCUT2D eigenvalue weighted by molar-refractivity contribution is 8.00. The Labute approximate surface area is 129 Å². The van der Waals surface area contributed by atoms with Gasteiger partial charge in [-0.05, 0) is 37.3 Å². The molecule has 116 valence electrons. The summed E-state index contributed by atoms with van der Waals surface area (Å²) in [6.07, 6.45) is 3.99. The molecule has 0 heterocycles. The van der Waals surface area contributed by atoms with Gasteiger partial charge in [0.05, 0.1) is 5.56 Å². The van der Waals surface area contributed by atoms with Gasteiger partial charge in [0.15, 0.2) is 0 Å². The number of hydrogen-bond donors (Lipinski definition) is 3. The van der Waals surface area contributed by atoms with Crippen molar-refractivity contribution >= 4 is 29.4 Å². The lowest BCUT2D eigenvalue weighted by Gasteiger charge is -2.29. The number of carbonyl (C=O) groups is 2. The number of carboxylic acid groups (broad SMARTS) is 1. The van der Waals surface area contributed by atoms with Crippen LogP contribution in [-0.2, 0) is 0 Å².